The molecule has 1 aromatic rings. The fourth-order valence-corrected chi connectivity index (χ4v) is 2.38. The minimum atomic E-state index is 0.157. The summed E-state index contributed by atoms with van der Waals surface area (Å²) >= 11 is 0. The predicted octanol–water partition coefficient (Wildman–Crippen LogP) is 1.72. The van der Waals surface area contributed by atoms with Gasteiger partial charge >= 0.3 is 0 Å². The number of ether oxygens (including phenoxy) is 1. The highest BCUT2D eigenvalue weighted by atomic mass is 16.5. The Balaban J connectivity index is 2.26. The predicted molar refractivity (Wildman–Crippen MR) is 72.2 cm³/mol. The van der Waals surface area contributed by atoms with Gasteiger partial charge in [0, 0.05) is 19.0 Å². The maximum Gasteiger partial charge on any atom is 0.228 e. The van der Waals surface area contributed by atoms with Crippen molar-refractivity contribution < 1.29 is 9.53 Å². The summed E-state index contributed by atoms with van der Waals surface area (Å²) in [5, 5.41) is 3.32. The van der Waals surface area contributed by atoms with Crippen LogP contribution in [0.1, 0.15) is 18.9 Å². The first-order valence-electron chi connectivity index (χ1n) is 6.34. The van der Waals surface area contributed by atoms with Gasteiger partial charge in [0.2, 0.25) is 5.91 Å². The molecule has 0 bridgehead atoms. The lowest BCUT2D eigenvalue weighted by Gasteiger charge is -2.20. The van der Waals surface area contributed by atoms with E-state index in [1.807, 2.05) is 30.0 Å². The summed E-state index contributed by atoms with van der Waals surface area (Å²) in [6, 6.07) is 6.15. The first-order chi connectivity index (χ1) is 8.65. The van der Waals surface area contributed by atoms with Crippen molar-refractivity contribution in [1.82, 2.24) is 5.32 Å². The van der Waals surface area contributed by atoms with Crippen LogP contribution in [0, 0.1) is 6.92 Å². The molecule has 1 fully saturated rings. The van der Waals surface area contributed by atoms with Crippen molar-refractivity contribution in [3.63, 3.8) is 0 Å². The molecule has 18 heavy (non-hydrogen) atoms. The minimum absolute atomic E-state index is 0.157. The molecule has 1 N–H and O–H groups in total. The monoisotopic (exact) mass is 248 g/mol. The Labute approximate surface area is 108 Å². The van der Waals surface area contributed by atoms with Crippen LogP contribution in [0.3, 0.4) is 0 Å². The molecule has 1 saturated heterocycles. The maximum absolute atomic E-state index is 12.1. The Morgan fingerprint density at radius 1 is 1.50 bits per heavy atom. The van der Waals surface area contributed by atoms with E-state index in [1.165, 1.54) is 0 Å². The van der Waals surface area contributed by atoms with Crippen LogP contribution in [0.2, 0.25) is 0 Å². The van der Waals surface area contributed by atoms with Crippen molar-refractivity contribution in [3.8, 4) is 5.75 Å². The van der Waals surface area contributed by atoms with E-state index in [1.54, 1.807) is 7.11 Å². The van der Waals surface area contributed by atoms with Gasteiger partial charge in [-0.3, -0.25) is 4.79 Å². The summed E-state index contributed by atoms with van der Waals surface area (Å²) in [5.41, 5.74) is 2.01. The lowest BCUT2D eigenvalue weighted by molar-refractivity contribution is -0.117. The molecular weight excluding hydrogens is 228 g/mol. The molecule has 0 radical (unpaired) electrons. The number of aryl methyl sites for hydroxylation is 1. The third-order valence-corrected chi connectivity index (χ3v) is 3.24. The van der Waals surface area contributed by atoms with E-state index >= 15 is 0 Å². The average molecular weight is 248 g/mol. The van der Waals surface area contributed by atoms with Crippen LogP contribution in [0.25, 0.3) is 0 Å². The molecule has 2 rings (SSSR count). The van der Waals surface area contributed by atoms with Gasteiger partial charge in [-0.05, 0) is 31.2 Å². The number of likely N-dealkylation sites (N-methyl/N-ethyl adjacent to an activating group) is 1. The summed E-state index contributed by atoms with van der Waals surface area (Å²) in [7, 11) is 1.64. The van der Waals surface area contributed by atoms with E-state index in [0.717, 1.165) is 23.5 Å². The van der Waals surface area contributed by atoms with Crippen LogP contribution >= 0.6 is 0 Å². The number of hydrogen-bond donors (Lipinski definition) is 1. The summed E-state index contributed by atoms with van der Waals surface area (Å²) in [5.74, 6) is 0.913. The van der Waals surface area contributed by atoms with Gasteiger partial charge in [0.05, 0.1) is 12.8 Å². The fourth-order valence-electron chi connectivity index (χ4n) is 2.38. The van der Waals surface area contributed by atoms with Crippen LogP contribution in [0.5, 0.6) is 5.75 Å². The second-order valence-electron chi connectivity index (χ2n) is 4.64. The maximum atomic E-state index is 12.1. The van der Waals surface area contributed by atoms with E-state index < -0.39 is 0 Å². The number of rotatable bonds is 4. The third-order valence-electron chi connectivity index (χ3n) is 3.24. The first kappa shape index (κ1) is 12.9. The molecule has 0 aromatic heterocycles. The minimum Gasteiger partial charge on any atom is -0.495 e. The van der Waals surface area contributed by atoms with E-state index in [9.17, 15) is 4.79 Å². The Bertz CT molecular complexity index is 445. The van der Waals surface area contributed by atoms with E-state index in [4.69, 9.17) is 4.74 Å². The summed E-state index contributed by atoms with van der Waals surface area (Å²) in [6.45, 7) is 5.68. The fraction of sp³-hybridized carbons (Fsp3) is 0.500. The zero-order valence-electron chi connectivity index (χ0n) is 11.2. The smallest absolute Gasteiger partial charge is 0.228 e. The van der Waals surface area contributed by atoms with Gasteiger partial charge < -0.3 is 15.0 Å². The summed E-state index contributed by atoms with van der Waals surface area (Å²) in [6.07, 6.45) is 0.560. The van der Waals surface area contributed by atoms with Gasteiger partial charge in [-0.15, -0.1) is 0 Å². The van der Waals surface area contributed by atoms with Crippen LogP contribution in [-0.2, 0) is 4.79 Å². The highest BCUT2D eigenvalue weighted by Gasteiger charge is 2.31. The van der Waals surface area contributed by atoms with Gasteiger partial charge in [0.15, 0.2) is 0 Å². The van der Waals surface area contributed by atoms with Gasteiger partial charge in [-0.2, -0.15) is 0 Å². The topological polar surface area (TPSA) is 41.6 Å². The quantitative estimate of drug-likeness (QED) is 0.882. The zero-order valence-corrected chi connectivity index (χ0v) is 11.2. The van der Waals surface area contributed by atoms with Crippen molar-refractivity contribution in [2.75, 3.05) is 25.1 Å². The summed E-state index contributed by atoms with van der Waals surface area (Å²) < 4.78 is 5.34. The van der Waals surface area contributed by atoms with Crippen LogP contribution in [-0.4, -0.2) is 32.1 Å². The molecule has 1 aliphatic rings. The normalized spacial score (nSPS) is 19.4. The Morgan fingerprint density at radius 3 is 2.94 bits per heavy atom. The second kappa shape index (κ2) is 5.40. The summed E-state index contributed by atoms with van der Waals surface area (Å²) in [4.78, 5) is 13.9. The van der Waals surface area contributed by atoms with Crippen molar-refractivity contribution in [1.29, 1.82) is 0 Å². The Morgan fingerprint density at radius 2 is 2.28 bits per heavy atom. The molecule has 1 atom stereocenters. The zero-order chi connectivity index (χ0) is 13.1. The number of benzene rings is 1. The van der Waals surface area contributed by atoms with Gasteiger partial charge in [0.25, 0.3) is 0 Å². The van der Waals surface area contributed by atoms with Gasteiger partial charge in [-0.1, -0.05) is 13.0 Å². The van der Waals surface area contributed by atoms with Gasteiger partial charge in [0.1, 0.15) is 5.75 Å². The van der Waals surface area contributed by atoms with E-state index in [0.29, 0.717) is 13.0 Å². The Kier molecular flexibility index (Phi) is 3.87. The standard InChI is InChI=1S/C14H20N2O2/c1-4-15-11-8-14(17)16(9-11)12-7-10(2)5-6-13(12)18-3/h5-7,11,15H,4,8-9H2,1-3H3. The number of hydrogen-bond acceptors (Lipinski definition) is 3. The molecule has 1 aliphatic heterocycles. The number of anilines is 1. The molecule has 1 unspecified atom stereocenters. The van der Waals surface area contributed by atoms with Crippen molar-refractivity contribution >= 4 is 11.6 Å². The first-order valence-corrected chi connectivity index (χ1v) is 6.34. The van der Waals surface area contributed by atoms with Gasteiger partial charge in [-0.25, -0.2) is 0 Å². The molecule has 1 amide bonds. The number of carbonyl (C=O) groups excluding carboxylic acids is 1. The average Bonchev–Trinajstić information content (AvgIpc) is 2.70. The third kappa shape index (κ3) is 2.48. The van der Waals surface area contributed by atoms with Crippen LogP contribution < -0.4 is 15.0 Å². The largest absolute Gasteiger partial charge is 0.495 e. The number of methoxy groups -OCH3 is 1. The van der Waals surface area contributed by atoms with E-state index in [-0.39, 0.29) is 11.9 Å². The molecule has 0 saturated carbocycles. The molecular formula is C14H20N2O2. The molecule has 98 valence electrons. The molecule has 4 heteroatoms. The number of carbonyl (C=O) groups is 1. The number of nitrogens with zero attached hydrogens (tertiary/aromatic N) is 1. The molecule has 0 spiro atoms. The van der Waals surface area contributed by atoms with E-state index in [2.05, 4.69) is 12.2 Å². The SMILES string of the molecule is CCNC1CC(=O)N(c2cc(C)ccc2OC)C1. The molecule has 4 nitrogen and oxygen atoms in total. The van der Waals surface area contributed by atoms with Crippen molar-refractivity contribution in [2.24, 2.45) is 0 Å². The number of amides is 1. The highest BCUT2D eigenvalue weighted by molar-refractivity contribution is 5.97. The second-order valence-corrected chi connectivity index (χ2v) is 4.64. The Hall–Kier alpha value is -1.55. The lowest BCUT2D eigenvalue weighted by Crippen LogP contribution is -2.32. The van der Waals surface area contributed by atoms with Crippen LogP contribution in [0.15, 0.2) is 18.2 Å². The molecule has 1 aromatic carbocycles. The lowest BCUT2D eigenvalue weighted by atomic mass is 10.2. The van der Waals surface area contributed by atoms with Crippen LogP contribution in [0.4, 0.5) is 5.69 Å². The van der Waals surface area contributed by atoms with Crippen molar-refractivity contribution in [2.45, 2.75) is 26.3 Å². The van der Waals surface area contributed by atoms with Crippen molar-refractivity contribution in [3.05, 3.63) is 23.8 Å². The number of nitrogens with one attached hydrogen (secondary N) is 1. The highest BCUT2D eigenvalue weighted by Crippen LogP contribution is 2.32. The molecule has 0 aliphatic carbocycles. The molecule has 1 heterocycles.